The van der Waals surface area contributed by atoms with Gasteiger partial charge in [-0.3, -0.25) is 4.79 Å². The van der Waals surface area contributed by atoms with E-state index >= 15 is 0 Å². The van der Waals surface area contributed by atoms with E-state index in [-0.39, 0.29) is 18.1 Å². The molecule has 0 spiro atoms. The number of carbonyl (C=O) groups excluding carboxylic acids is 1. The highest BCUT2D eigenvalue weighted by molar-refractivity contribution is 14.1. The van der Waals surface area contributed by atoms with E-state index in [1.807, 2.05) is 6.92 Å². The van der Waals surface area contributed by atoms with Crippen molar-refractivity contribution in [3.63, 3.8) is 0 Å². The number of hydrogen-bond donors (Lipinski definition) is 1. The van der Waals surface area contributed by atoms with Gasteiger partial charge >= 0.3 is 0 Å². The number of nitrogens with one attached hydrogen (secondary N) is 1. The molecule has 0 aromatic rings. The average Bonchev–Trinajstić information content (AvgIpc) is 2.47. The van der Waals surface area contributed by atoms with Crippen LogP contribution in [0.5, 0.6) is 0 Å². The number of hydrogen-bond acceptors (Lipinski definition) is 2. The van der Waals surface area contributed by atoms with Gasteiger partial charge < -0.3 is 10.1 Å². The summed E-state index contributed by atoms with van der Waals surface area (Å²) in [5.74, 6) is 0.0519. The van der Waals surface area contributed by atoms with Gasteiger partial charge in [-0.05, 0) is 19.8 Å². The van der Waals surface area contributed by atoms with Gasteiger partial charge in [-0.15, -0.1) is 0 Å². The normalized spacial score (nSPS) is 28.8. The maximum Gasteiger partial charge on any atom is 0.249 e. The van der Waals surface area contributed by atoms with Crippen LogP contribution in [-0.4, -0.2) is 29.1 Å². The lowest BCUT2D eigenvalue weighted by Gasteiger charge is -2.10. The molecular formula is C8H14INO2. The largest absolute Gasteiger partial charge is 0.365 e. The van der Waals surface area contributed by atoms with Crippen molar-refractivity contribution in [2.24, 2.45) is 0 Å². The van der Waals surface area contributed by atoms with Crippen LogP contribution in [0.1, 0.15) is 19.8 Å². The Morgan fingerprint density at radius 3 is 2.92 bits per heavy atom. The molecule has 0 bridgehead atoms. The summed E-state index contributed by atoms with van der Waals surface area (Å²) in [5.41, 5.74) is 0. The Balaban J connectivity index is 2.23. The molecule has 1 heterocycles. The second-order valence-corrected chi connectivity index (χ2v) is 4.07. The Morgan fingerprint density at radius 1 is 1.67 bits per heavy atom. The Hall–Kier alpha value is 0.160. The van der Waals surface area contributed by atoms with E-state index in [0.29, 0.717) is 0 Å². The molecule has 0 saturated carbocycles. The van der Waals surface area contributed by atoms with E-state index in [0.717, 1.165) is 23.8 Å². The van der Waals surface area contributed by atoms with Crippen LogP contribution in [-0.2, 0) is 9.53 Å². The smallest absolute Gasteiger partial charge is 0.249 e. The Kier molecular flexibility index (Phi) is 4.28. The van der Waals surface area contributed by atoms with Crippen LogP contribution < -0.4 is 5.32 Å². The van der Waals surface area contributed by atoms with Crippen molar-refractivity contribution in [2.45, 2.75) is 32.0 Å². The topological polar surface area (TPSA) is 38.3 Å². The number of alkyl halides is 1. The quantitative estimate of drug-likeness (QED) is 0.622. The van der Waals surface area contributed by atoms with Crippen LogP contribution in [0.3, 0.4) is 0 Å². The summed E-state index contributed by atoms with van der Waals surface area (Å²) in [4.78, 5) is 11.3. The van der Waals surface area contributed by atoms with Crippen molar-refractivity contribution in [3.05, 3.63) is 0 Å². The molecule has 1 saturated heterocycles. The number of amides is 1. The first-order valence-corrected chi connectivity index (χ1v) is 5.75. The van der Waals surface area contributed by atoms with E-state index in [4.69, 9.17) is 4.74 Å². The Labute approximate surface area is 86.4 Å². The van der Waals surface area contributed by atoms with Crippen molar-refractivity contribution in [1.82, 2.24) is 5.32 Å². The van der Waals surface area contributed by atoms with Gasteiger partial charge in [0, 0.05) is 11.0 Å². The third kappa shape index (κ3) is 2.90. The molecule has 12 heavy (non-hydrogen) atoms. The molecule has 0 aliphatic carbocycles. The average molecular weight is 283 g/mol. The zero-order valence-corrected chi connectivity index (χ0v) is 9.34. The van der Waals surface area contributed by atoms with Gasteiger partial charge in [-0.1, -0.05) is 22.6 Å². The molecule has 1 N–H and O–H groups in total. The molecule has 0 aromatic heterocycles. The second-order valence-electron chi connectivity index (χ2n) is 2.99. The van der Waals surface area contributed by atoms with Crippen molar-refractivity contribution in [2.75, 3.05) is 11.0 Å². The fraction of sp³-hybridized carbons (Fsp3) is 0.875. The summed E-state index contributed by atoms with van der Waals surface area (Å²) in [6.07, 6.45) is 1.93. The van der Waals surface area contributed by atoms with Crippen molar-refractivity contribution >= 4 is 28.5 Å². The van der Waals surface area contributed by atoms with Gasteiger partial charge in [-0.2, -0.15) is 0 Å². The maximum atomic E-state index is 11.3. The van der Waals surface area contributed by atoms with Crippen LogP contribution in [0, 0.1) is 0 Å². The van der Waals surface area contributed by atoms with Crippen molar-refractivity contribution < 1.29 is 9.53 Å². The standard InChI is InChI=1S/C8H14INO2/c1-6-2-3-7(12-6)8(11)10-5-4-9/h6-7H,2-5H2,1H3,(H,10,11). The molecule has 70 valence electrons. The minimum absolute atomic E-state index is 0.0519. The summed E-state index contributed by atoms with van der Waals surface area (Å²) in [7, 11) is 0. The van der Waals surface area contributed by atoms with Crippen LogP contribution in [0.25, 0.3) is 0 Å². The lowest BCUT2D eigenvalue weighted by molar-refractivity contribution is -0.131. The zero-order valence-electron chi connectivity index (χ0n) is 7.18. The summed E-state index contributed by atoms with van der Waals surface area (Å²) in [5, 5.41) is 2.82. The second kappa shape index (κ2) is 5.01. The minimum atomic E-state index is -0.192. The van der Waals surface area contributed by atoms with E-state index in [2.05, 4.69) is 27.9 Å². The molecule has 2 unspecified atom stereocenters. The number of ether oxygens (including phenoxy) is 1. The monoisotopic (exact) mass is 283 g/mol. The van der Waals surface area contributed by atoms with Gasteiger partial charge in [-0.25, -0.2) is 0 Å². The molecule has 1 amide bonds. The molecule has 0 radical (unpaired) electrons. The van der Waals surface area contributed by atoms with Gasteiger partial charge in [0.2, 0.25) is 5.91 Å². The van der Waals surface area contributed by atoms with E-state index in [9.17, 15) is 4.79 Å². The third-order valence-electron chi connectivity index (χ3n) is 1.92. The molecule has 3 nitrogen and oxygen atoms in total. The van der Waals surface area contributed by atoms with Crippen LogP contribution >= 0.6 is 22.6 Å². The molecule has 2 atom stereocenters. The highest BCUT2D eigenvalue weighted by Gasteiger charge is 2.27. The fourth-order valence-corrected chi connectivity index (χ4v) is 1.55. The lowest BCUT2D eigenvalue weighted by Crippen LogP contribution is -2.35. The van der Waals surface area contributed by atoms with E-state index < -0.39 is 0 Å². The number of carbonyl (C=O) groups is 1. The van der Waals surface area contributed by atoms with Gasteiger partial charge in [0.05, 0.1) is 6.10 Å². The molecule has 0 aromatic carbocycles. The SMILES string of the molecule is CC1CCC(C(=O)NCCI)O1. The molecule has 1 aliphatic heterocycles. The van der Waals surface area contributed by atoms with E-state index in [1.165, 1.54) is 0 Å². The molecule has 1 aliphatic rings. The molecule has 1 rings (SSSR count). The fourth-order valence-electron chi connectivity index (χ4n) is 1.28. The molecular weight excluding hydrogens is 269 g/mol. The highest BCUT2D eigenvalue weighted by Crippen LogP contribution is 2.18. The molecule has 1 fully saturated rings. The van der Waals surface area contributed by atoms with Gasteiger partial charge in [0.15, 0.2) is 0 Å². The first-order chi connectivity index (χ1) is 5.74. The first-order valence-electron chi connectivity index (χ1n) is 4.23. The zero-order chi connectivity index (χ0) is 8.97. The highest BCUT2D eigenvalue weighted by atomic mass is 127. The predicted molar refractivity (Wildman–Crippen MR) is 55.5 cm³/mol. The van der Waals surface area contributed by atoms with Crippen molar-refractivity contribution in [3.8, 4) is 0 Å². The molecule has 4 heteroatoms. The Morgan fingerprint density at radius 2 is 2.42 bits per heavy atom. The first kappa shape index (κ1) is 10.2. The Bertz CT molecular complexity index is 163. The lowest BCUT2D eigenvalue weighted by atomic mass is 10.2. The number of rotatable bonds is 3. The van der Waals surface area contributed by atoms with Crippen LogP contribution in [0.2, 0.25) is 0 Å². The minimum Gasteiger partial charge on any atom is -0.365 e. The van der Waals surface area contributed by atoms with Crippen LogP contribution in [0.15, 0.2) is 0 Å². The van der Waals surface area contributed by atoms with Crippen molar-refractivity contribution in [1.29, 1.82) is 0 Å². The maximum absolute atomic E-state index is 11.3. The summed E-state index contributed by atoms with van der Waals surface area (Å²) >= 11 is 2.23. The summed E-state index contributed by atoms with van der Waals surface area (Å²) in [6, 6.07) is 0. The predicted octanol–water partition coefficient (Wildman–Crippen LogP) is 1.11. The van der Waals surface area contributed by atoms with Gasteiger partial charge in [0.25, 0.3) is 0 Å². The van der Waals surface area contributed by atoms with Crippen LogP contribution in [0.4, 0.5) is 0 Å². The number of halogens is 1. The van der Waals surface area contributed by atoms with E-state index in [1.54, 1.807) is 0 Å². The summed E-state index contributed by atoms with van der Waals surface area (Å²) in [6.45, 7) is 2.75. The third-order valence-corrected chi connectivity index (χ3v) is 2.46. The summed E-state index contributed by atoms with van der Waals surface area (Å²) < 4.78 is 6.36. The van der Waals surface area contributed by atoms with Gasteiger partial charge in [0.1, 0.15) is 6.10 Å².